The number of rotatable bonds is 4. The van der Waals surface area contributed by atoms with Crippen LogP contribution in [-0.4, -0.2) is 32.8 Å². The van der Waals surface area contributed by atoms with Gasteiger partial charge in [0.25, 0.3) is 5.91 Å². The summed E-state index contributed by atoms with van der Waals surface area (Å²) >= 11 is 0. The van der Waals surface area contributed by atoms with E-state index in [9.17, 15) is 9.00 Å². The van der Waals surface area contributed by atoms with Gasteiger partial charge in [-0.1, -0.05) is 5.16 Å². The van der Waals surface area contributed by atoms with Crippen LogP contribution in [0.2, 0.25) is 0 Å². The number of carbonyl (C=O) groups is 1. The predicted molar refractivity (Wildman–Crippen MR) is 71.5 cm³/mol. The van der Waals surface area contributed by atoms with Gasteiger partial charge in [-0.25, -0.2) is 0 Å². The van der Waals surface area contributed by atoms with E-state index >= 15 is 0 Å². The maximum Gasteiger partial charge on any atom is 0.273 e. The number of aromatic nitrogens is 1. The summed E-state index contributed by atoms with van der Waals surface area (Å²) in [5.74, 6) is 0.667. The van der Waals surface area contributed by atoms with Crippen LogP contribution in [0.25, 0.3) is 0 Å². The molecule has 2 aliphatic rings. The molecule has 1 N–H and O–H groups in total. The van der Waals surface area contributed by atoms with Gasteiger partial charge in [0.2, 0.25) is 0 Å². The second-order valence-electron chi connectivity index (χ2n) is 5.46. The highest BCUT2D eigenvalue weighted by atomic mass is 32.2. The van der Waals surface area contributed by atoms with Crippen LogP contribution in [0.5, 0.6) is 0 Å². The molecule has 5 nitrogen and oxygen atoms in total. The third-order valence-electron chi connectivity index (χ3n) is 4.15. The van der Waals surface area contributed by atoms with E-state index in [1.165, 1.54) is 0 Å². The molecule has 1 saturated carbocycles. The zero-order valence-electron chi connectivity index (χ0n) is 11.0. The molecule has 104 valence electrons. The highest BCUT2D eigenvalue weighted by Crippen LogP contribution is 2.40. The summed E-state index contributed by atoms with van der Waals surface area (Å²) in [7, 11) is -0.889. The lowest BCUT2D eigenvalue weighted by Gasteiger charge is -2.13. The fourth-order valence-electron chi connectivity index (χ4n) is 2.59. The zero-order valence-corrected chi connectivity index (χ0v) is 11.8. The Morgan fingerprint density at radius 1 is 1.42 bits per heavy atom. The summed E-state index contributed by atoms with van der Waals surface area (Å²) in [6.07, 6.45) is 7.47. The van der Waals surface area contributed by atoms with E-state index in [1.807, 2.05) is 0 Å². The summed E-state index contributed by atoms with van der Waals surface area (Å²) < 4.78 is 16.6. The summed E-state index contributed by atoms with van der Waals surface area (Å²) in [5, 5.41) is 6.77. The maximum atomic E-state index is 12.1. The maximum absolute atomic E-state index is 12.1. The zero-order chi connectivity index (χ0) is 13.5. The van der Waals surface area contributed by atoms with Crippen molar-refractivity contribution in [1.82, 2.24) is 10.5 Å². The monoisotopic (exact) mass is 282 g/mol. The Balaban J connectivity index is 1.68. The lowest BCUT2D eigenvalue weighted by atomic mass is 9.96. The first kappa shape index (κ1) is 12.8. The third-order valence-corrected chi connectivity index (χ3v) is 5.93. The molecule has 0 aromatic carbocycles. The summed E-state index contributed by atoms with van der Waals surface area (Å²) in [5.41, 5.74) is 1.39. The van der Waals surface area contributed by atoms with Crippen LogP contribution in [0.4, 0.5) is 0 Å². The topological polar surface area (TPSA) is 72.2 Å². The Bertz CT molecular complexity index is 534. The first-order valence-electron chi connectivity index (χ1n) is 6.71. The molecule has 19 heavy (non-hydrogen) atoms. The van der Waals surface area contributed by atoms with E-state index in [4.69, 9.17) is 4.52 Å². The molecule has 6 heteroatoms. The first-order valence-corrected chi connectivity index (χ1v) is 8.27. The molecule has 1 heterocycles. The molecular weight excluding hydrogens is 264 g/mol. The van der Waals surface area contributed by atoms with Crippen molar-refractivity contribution in [2.75, 3.05) is 12.8 Å². The predicted octanol–water partition coefficient (Wildman–Crippen LogP) is 1.19. The van der Waals surface area contributed by atoms with Gasteiger partial charge in [-0.2, -0.15) is 0 Å². The van der Waals surface area contributed by atoms with Gasteiger partial charge in [-0.3, -0.25) is 9.00 Å². The van der Waals surface area contributed by atoms with Crippen molar-refractivity contribution in [2.45, 2.75) is 43.3 Å². The van der Waals surface area contributed by atoms with Crippen molar-refractivity contribution in [3.8, 4) is 0 Å². The van der Waals surface area contributed by atoms with Crippen LogP contribution in [-0.2, 0) is 23.6 Å². The summed E-state index contributed by atoms with van der Waals surface area (Å²) in [6.45, 7) is 0.469. The number of fused-ring (bicyclic) bond motifs is 1. The standard InChI is InChI=1S/C13H18N2O3S/c1-19(17)13(6-7-13)8-14-12(16)11-9-4-2-3-5-10(9)18-15-11/h2-8H2,1H3,(H,14,16)/t19-/m0/s1. The van der Waals surface area contributed by atoms with Crippen molar-refractivity contribution < 1.29 is 13.5 Å². The molecule has 0 unspecified atom stereocenters. The van der Waals surface area contributed by atoms with Crippen molar-refractivity contribution in [1.29, 1.82) is 0 Å². The molecule has 1 aromatic heterocycles. The SMILES string of the molecule is C[S@](=O)C1(CNC(=O)c2noc3c2CCCC3)CC1. The molecular formula is C13H18N2O3S. The van der Waals surface area contributed by atoms with Crippen molar-refractivity contribution >= 4 is 16.7 Å². The quantitative estimate of drug-likeness (QED) is 0.900. The van der Waals surface area contributed by atoms with Gasteiger partial charge < -0.3 is 9.84 Å². The lowest BCUT2D eigenvalue weighted by molar-refractivity contribution is 0.0943. The van der Waals surface area contributed by atoms with Crippen LogP contribution < -0.4 is 5.32 Å². The molecule has 1 atom stereocenters. The number of hydrogen-bond donors (Lipinski definition) is 1. The Labute approximate surface area is 114 Å². The van der Waals surface area contributed by atoms with E-state index in [0.717, 1.165) is 49.8 Å². The van der Waals surface area contributed by atoms with E-state index in [-0.39, 0.29) is 10.7 Å². The molecule has 0 radical (unpaired) electrons. The fraction of sp³-hybridized carbons (Fsp3) is 0.692. The van der Waals surface area contributed by atoms with Crippen molar-refractivity contribution in [3.05, 3.63) is 17.0 Å². The smallest absolute Gasteiger partial charge is 0.273 e. The van der Waals surface area contributed by atoms with Crippen LogP contribution in [0.3, 0.4) is 0 Å². The highest BCUT2D eigenvalue weighted by molar-refractivity contribution is 7.86. The number of nitrogens with one attached hydrogen (secondary N) is 1. The van der Waals surface area contributed by atoms with Gasteiger partial charge >= 0.3 is 0 Å². The molecule has 3 rings (SSSR count). The van der Waals surface area contributed by atoms with Gasteiger partial charge in [-0.15, -0.1) is 0 Å². The van der Waals surface area contributed by atoms with E-state index < -0.39 is 10.8 Å². The Kier molecular flexibility index (Phi) is 3.20. The minimum atomic E-state index is -0.889. The van der Waals surface area contributed by atoms with Gasteiger partial charge in [0.15, 0.2) is 5.69 Å². The van der Waals surface area contributed by atoms with Crippen LogP contribution in [0.1, 0.15) is 47.5 Å². The second-order valence-corrected chi connectivity index (χ2v) is 7.23. The van der Waals surface area contributed by atoms with Crippen LogP contribution >= 0.6 is 0 Å². The normalized spacial score (nSPS) is 21.5. The number of carbonyl (C=O) groups excluding carboxylic acids is 1. The minimum Gasteiger partial charge on any atom is -0.360 e. The molecule has 0 saturated heterocycles. The van der Waals surface area contributed by atoms with Gasteiger partial charge in [0.1, 0.15) is 5.76 Å². The molecule has 1 amide bonds. The Hall–Kier alpha value is -1.17. The molecule has 0 bridgehead atoms. The largest absolute Gasteiger partial charge is 0.360 e. The number of aryl methyl sites for hydroxylation is 1. The van der Waals surface area contributed by atoms with Gasteiger partial charge in [0.05, 0.1) is 4.75 Å². The molecule has 0 aliphatic heterocycles. The first-order chi connectivity index (χ1) is 9.12. The summed E-state index contributed by atoms with van der Waals surface area (Å²) in [6, 6.07) is 0. The minimum absolute atomic E-state index is 0.191. The second kappa shape index (κ2) is 4.74. The van der Waals surface area contributed by atoms with Gasteiger partial charge in [-0.05, 0) is 32.1 Å². The number of hydrogen-bond acceptors (Lipinski definition) is 4. The third kappa shape index (κ3) is 2.33. The van der Waals surface area contributed by atoms with Crippen molar-refractivity contribution in [2.24, 2.45) is 0 Å². The Morgan fingerprint density at radius 3 is 2.84 bits per heavy atom. The molecule has 2 aliphatic carbocycles. The molecule has 1 aromatic rings. The highest BCUT2D eigenvalue weighted by Gasteiger charge is 2.47. The van der Waals surface area contributed by atoms with Crippen LogP contribution in [0.15, 0.2) is 4.52 Å². The van der Waals surface area contributed by atoms with Crippen LogP contribution in [0, 0.1) is 0 Å². The van der Waals surface area contributed by atoms with E-state index in [0.29, 0.717) is 12.2 Å². The number of amides is 1. The van der Waals surface area contributed by atoms with E-state index in [2.05, 4.69) is 10.5 Å². The number of nitrogens with zero attached hydrogens (tertiary/aromatic N) is 1. The lowest BCUT2D eigenvalue weighted by Crippen LogP contribution is -2.36. The van der Waals surface area contributed by atoms with E-state index in [1.54, 1.807) is 6.26 Å². The molecule has 0 spiro atoms. The Morgan fingerprint density at radius 2 is 2.16 bits per heavy atom. The van der Waals surface area contributed by atoms with Gasteiger partial charge in [0, 0.05) is 35.6 Å². The van der Waals surface area contributed by atoms with Crippen molar-refractivity contribution in [3.63, 3.8) is 0 Å². The molecule has 1 fully saturated rings. The average molecular weight is 282 g/mol. The average Bonchev–Trinajstić information content (AvgIpc) is 3.09. The fourth-order valence-corrected chi connectivity index (χ4v) is 3.55. The summed E-state index contributed by atoms with van der Waals surface area (Å²) in [4.78, 5) is 12.1.